The molecule has 1 N–H and O–H groups in total. The van der Waals surface area contributed by atoms with Crippen LogP contribution < -0.4 is 4.72 Å². The van der Waals surface area contributed by atoms with Crippen LogP contribution in [-0.2, 0) is 10.0 Å². The lowest BCUT2D eigenvalue weighted by Crippen LogP contribution is -2.13. The van der Waals surface area contributed by atoms with Crippen LogP contribution in [0.5, 0.6) is 0 Å². The van der Waals surface area contributed by atoms with E-state index in [4.69, 9.17) is 23.2 Å². The van der Waals surface area contributed by atoms with Crippen LogP contribution in [0.15, 0.2) is 41.3 Å². The molecule has 0 fully saturated rings. The summed E-state index contributed by atoms with van der Waals surface area (Å²) in [6, 6.07) is 6.19. The van der Waals surface area contributed by atoms with Crippen LogP contribution in [0.2, 0.25) is 10.0 Å². The van der Waals surface area contributed by atoms with Crippen LogP contribution in [0.1, 0.15) is 0 Å². The van der Waals surface area contributed by atoms with Crippen molar-refractivity contribution in [2.24, 2.45) is 0 Å². The Bertz CT molecular complexity index is 746. The highest BCUT2D eigenvalue weighted by Crippen LogP contribution is 2.27. The maximum Gasteiger partial charge on any atom is 0.263 e. The van der Waals surface area contributed by atoms with Crippen LogP contribution in [0, 0.1) is 11.6 Å². The second kappa shape index (κ2) is 5.55. The summed E-state index contributed by atoms with van der Waals surface area (Å²) in [5.74, 6) is -1.81. The van der Waals surface area contributed by atoms with Crippen molar-refractivity contribution < 1.29 is 17.2 Å². The highest BCUT2D eigenvalue weighted by molar-refractivity contribution is 7.92. The number of nitrogens with one attached hydrogen (secondary N) is 1. The third kappa shape index (κ3) is 3.39. The van der Waals surface area contributed by atoms with Gasteiger partial charge >= 0.3 is 0 Å². The standard InChI is InChI=1S/C12H7Cl2F2NO2S/c13-7-1-2-11(14)12(3-7)20(18,19)17-10-5-8(15)4-9(16)6-10/h1-6,17H. The highest BCUT2D eigenvalue weighted by Gasteiger charge is 2.19. The van der Waals surface area contributed by atoms with E-state index < -0.39 is 21.7 Å². The first-order valence-electron chi connectivity index (χ1n) is 5.22. The average Bonchev–Trinajstić information content (AvgIpc) is 2.30. The maximum atomic E-state index is 13.0. The van der Waals surface area contributed by atoms with Crippen molar-refractivity contribution in [1.29, 1.82) is 0 Å². The molecule has 0 heterocycles. The minimum absolute atomic E-state index is 0.0567. The minimum atomic E-state index is -4.10. The topological polar surface area (TPSA) is 46.2 Å². The predicted molar refractivity (Wildman–Crippen MR) is 73.6 cm³/mol. The lowest BCUT2D eigenvalue weighted by molar-refractivity contribution is 0.584. The first-order valence-corrected chi connectivity index (χ1v) is 7.46. The van der Waals surface area contributed by atoms with Crippen LogP contribution in [0.25, 0.3) is 0 Å². The first kappa shape index (κ1) is 15.0. The molecule has 0 amide bonds. The van der Waals surface area contributed by atoms with Gasteiger partial charge in [-0.15, -0.1) is 0 Å². The number of rotatable bonds is 3. The number of benzene rings is 2. The Morgan fingerprint density at radius 2 is 1.55 bits per heavy atom. The van der Waals surface area contributed by atoms with Crippen molar-refractivity contribution in [2.45, 2.75) is 4.90 Å². The Morgan fingerprint density at radius 3 is 2.15 bits per heavy atom. The first-order chi connectivity index (χ1) is 9.28. The van der Waals surface area contributed by atoms with Crippen molar-refractivity contribution >= 4 is 38.9 Å². The van der Waals surface area contributed by atoms with Gasteiger partial charge in [-0.2, -0.15) is 0 Å². The lowest BCUT2D eigenvalue weighted by Gasteiger charge is -2.10. The highest BCUT2D eigenvalue weighted by atomic mass is 35.5. The molecule has 0 aliphatic rings. The minimum Gasteiger partial charge on any atom is -0.279 e. The number of anilines is 1. The van der Waals surface area contributed by atoms with E-state index in [0.29, 0.717) is 6.07 Å². The summed E-state index contributed by atoms with van der Waals surface area (Å²) in [5, 5.41) is 0.110. The Kier molecular flexibility index (Phi) is 4.17. The molecule has 0 saturated heterocycles. The van der Waals surface area contributed by atoms with Crippen LogP contribution in [-0.4, -0.2) is 8.42 Å². The summed E-state index contributed by atoms with van der Waals surface area (Å²) in [4.78, 5) is -0.281. The number of hydrogen-bond acceptors (Lipinski definition) is 2. The van der Waals surface area contributed by atoms with E-state index >= 15 is 0 Å². The van der Waals surface area contributed by atoms with Gasteiger partial charge in [0.15, 0.2) is 0 Å². The summed E-state index contributed by atoms with van der Waals surface area (Å²) >= 11 is 11.5. The molecule has 20 heavy (non-hydrogen) atoms. The molecule has 0 radical (unpaired) electrons. The molecule has 0 aliphatic heterocycles. The quantitative estimate of drug-likeness (QED) is 0.917. The van der Waals surface area contributed by atoms with Gasteiger partial charge in [-0.1, -0.05) is 23.2 Å². The molecule has 0 spiro atoms. The van der Waals surface area contributed by atoms with E-state index in [0.717, 1.165) is 18.2 Å². The van der Waals surface area contributed by atoms with Gasteiger partial charge in [-0.3, -0.25) is 4.72 Å². The lowest BCUT2D eigenvalue weighted by atomic mass is 10.3. The molecule has 3 nitrogen and oxygen atoms in total. The molecule has 0 unspecified atom stereocenters. The molecule has 0 bridgehead atoms. The van der Waals surface area contributed by atoms with E-state index in [1.54, 1.807) is 0 Å². The molecule has 0 saturated carbocycles. The second-order valence-electron chi connectivity index (χ2n) is 3.84. The van der Waals surface area contributed by atoms with E-state index in [9.17, 15) is 17.2 Å². The van der Waals surface area contributed by atoms with Gasteiger partial charge < -0.3 is 0 Å². The van der Waals surface area contributed by atoms with Crippen molar-refractivity contribution in [3.8, 4) is 0 Å². The normalized spacial score (nSPS) is 11.4. The van der Waals surface area contributed by atoms with Crippen molar-refractivity contribution in [2.75, 3.05) is 4.72 Å². The zero-order valence-corrected chi connectivity index (χ0v) is 12.0. The summed E-state index contributed by atoms with van der Waals surface area (Å²) in [6.45, 7) is 0. The summed E-state index contributed by atoms with van der Waals surface area (Å²) in [5.41, 5.74) is -0.251. The fourth-order valence-electron chi connectivity index (χ4n) is 1.51. The fraction of sp³-hybridized carbons (Fsp3) is 0. The zero-order valence-electron chi connectivity index (χ0n) is 9.70. The average molecular weight is 338 g/mol. The number of halogens is 4. The van der Waals surface area contributed by atoms with Crippen LogP contribution >= 0.6 is 23.2 Å². The second-order valence-corrected chi connectivity index (χ2v) is 6.33. The van der Waals surface area contributed by atoms with Crippen LogP contribution in [0.3, 0.4) is 0 Å². The van der Waals surface area contributed by atoms with E-state index in [1.165, 1.54) is 12.1 Å². The van der Waals surface area contributed by atoms with Gasteiger partial charge in [0.25, 0.3) is 10.0 Å². The van der Waals surface area contributed by atoms with E-state index in [1.807, 2.05) is 4.72 Å². The molecule has 2 aromatic rings. The van der Waals surface area contributed by atoms with Gasteiger partial charge in [-0.25, -0.2) is 17.2 Å². The fourth-order valence-corrected chi connectivity index (χ4v) is 3.31. The molecule has 0 atom stereocenters. The largest absolute Gasteiger partial charge is 0.279 e. The Labute approximate surface area is 124 Å². The molecule has 8 heteroatoms. The van der Waals surface area contributed by atoms with Crippen LogP contribution in [0.4, 0.5) is 14.5 Å². The van der Waals surface area contributed by atoms with E-state index in [-0.39, 0.29) is 20.6 Å². The van der Waals surface area contributed by atoms with Crippen molar-refractivity contribution in [3.63, 3.8) is 0 Å². The van der Waals surface area contributed by atoms with Gasteiger partial charge in [0.05, 0.1) is 10.7 Å². The Hall–Kier alpha value is -1.37. The zero-order chi connectivity index (χ0) is 14.9. The number of sulfonamides is 1. The predicted octanol–water partition coefficient (Wildman–Crippen LogP) is 4.07. The molecule has 2 aromatic carbocycles. The summed E-state index contributed by atoms with van der Waals surface area (Å²) < 4.78 is 52.3. The van der Waals surface area contributed by atoms with Gasteiger partial charge in [0.1, 0.15) is 16.5 Å². The molecule has 0 aromatic heterocycles. The van der Waals surface area contributed by atoms with Gasteiger partial charge in [-0.05, 0) is 30.3 Å². The third-order valence-electron chi connectivity index (χ3n) is 2.30. The van der Waals surface area contributed by atoms with Crippen molar-refractivity contribution in [3.05, 3.63) is 58.1 Å². The van der Waals surface area contributed by atoms with Gasteiger partial charge in [0.2, 0.25) is 0 Å². The number of hydrogen-bond donors (Lipinski definition) is 1. The maximum absolute atomic E-state index is 13.0. The van der Waals surface area contributed by atoms with E-state index in [2.05, 4.69) is 0 Å². The molecule has 106 valence electrons. The van der Waals surface area contributed by atoms with Gasteiger partial charge in [0, 0.05) is 11.1 Å². The van der Waals surface area contributed by atoms with Crippen molar-refractivity contribution in [1.82, 2.24) is 0 Å². The SMILES string of the molecule is O=S(=O)(Nc1cc(F)cc(F)c1)c1cc(Cl)ccc1Cl. The summed E-state index contributed by atoms with van der Waals surface area (Å²) in [6.07, 6.45) is 0. The Morgan fingerprint density at radius 1 is 0.950 bits per heavy atom. The molecule has 2 rings (SSSR count). The Balaban J connectivity index is 2.43. The molecular formula is C12H7Cl2F2NO2S. The molecular weight excluding hydrogens is 331 g/mol. The smallest absolute Gasteiger partial charge is 0.263 e. The summed E-state index contributed by atoms with van der Waals surface area (Å²) in [7, 11) is -4.10. The monoisotopic (exact) mass is 337 g/mol. The third-order valence-corrected chi connectivity index (χ3v) is 4.40. The molecule has 0 aliphatic carbocycles.